The summed E-state index contributed by atoms with van der Waals surface area (Å²) in [5.41, 5.74) is 0.613. The summed E-state index contributed by atoms with van der Waals surface area (Å²) >= 11 is 0. The van der Waals surface area contributed by atoms with Crippen molar-refractivity contribution in [2.24, 2.45) is 0 Å². The predicted octanol–water partition coefficient (Wildman–Crippen LogP) is 1.78. The first-order valence-electron chi connectivity index (χ1n) is 4.69. The van der Waals surface area contributed by atoms with Crippen molar-refractivity contribution in [3.05, 3.63) is 42.4 Å². The molecule has 0 aliphatic rings. The van der Waals surface area contributed by atoms with Crippen molar-refractivity contribution in [1.29, 1.82) is 0 Å². The molecule has 3 nitrogen and oxygen atoms in total. The zero-order chi connectivity index (χ0) is 10.2. The number of carbonyl (C=O) groups excluding carboxylic acids is 1. The summed E-state index contributed by atoms with van der Waals surface area (Å²) in [6.45, 7) is 2.96. The summed E-state index contributed by atoms with van der Waals surface area (Å²) in [6, 6.07) is 3.50. The predicted molar refractivity (Wildman–Crippen MR) is 56.0 cm³/mol. The van der Waals surface area contributed by atoms with Crippen LogP contribution in [0.2, 0.25) is 0 Å². The van der Waals surface area contributed by atoms with Crippen molar-refractivity contribution >= 4 is 5.78 Å². The van der Waals surface area contributed by atoms with Crippen LogP contribution in [-0.2, 0) is 0 Å². The van der Waals surface area contributed by atoms with Gasteiger partial charge < -0.3 is 5.32 Å². The van der Waals surface area contributed by atoms with Crippen LogP contribution in [0.5, 0.6) is 0 Å². The van der Waals surface area contributed by atoms with Crippen LogP contribution >= 0.6 is 0 Å². The molecule has 0 bridgehead atoms. The van der Waals surface area contributed by atoms with Crippen LogP contribution in [0.3, 0.4) is 0 Å². The average molecular weight is 190 g/mol. The highest BCUT2D eigenvalue weighted by Gasteiger charge is 1.98. The van der Waals surface area contributed by atoms with Crippen molar-refractivity contribution in [1.82, 2.24) is 10.3 Å². The van der Waals surface area contributed by atoms with Gasteiger partial charge in [0.05, 0.1) is 0 Å². The average Bonchev–Trinajstić information content (AvgIpc) is 2.25. The maximum atomic E-state index is 11.4. The van der Waals surface area contributed by atoms with Gasteiger partial charge in [-0.2, -0.15) is 0 Å². The number of nitrogens with zero attached hydrogens (tertiary/aromatic N) is 1. The molecule has 1 aromatic rings. The minimum absolute atomic E-state index is 0.0262. The fourth-order valence-electron chi connectivity index (χ4n) is 0.967. The molecule has 0 radical (unpaired) electrons. The standard InChI is InChI=1S/C11H14N2O/c1-2-6-12-8-5-11(14)10-4-3-7-13-9-10/h3-5,7-9,12H,2,6H2,1H3/b8-5-. The molecule has 0 atom stereocenters. The molecule has 0 aliphatic carbocycles. The quantitative estimate of drug-likeness (QED) is 0.437. The number of aromatic nitrogens is 1. The third-order valence-corrected chi connectivity index (χ3v) is 1.69. The summed E-state index contributed by atoms with van der Waals surface area (Å²) in [5.74, 6) is -0.0262. The van der Waals surface area contributed by atoms with E-state index < -0.39 is 0 Å². The van der Waals surface area contributed by atoms with E-state index in [9.17, 15) is 4.79 Å². The van der Waals surface area contributed by atoms with Gasteiger partial charge >= 0.3 is 0 Å². The molecule has 1 rings (SSSR count). The summed E-state index contributed by atoms with van der Waals surface area (Å²) < 4.78 is 0. The molecule has 0 aromatic carbocycles. The molecular weight excluding hydrogens is 176 g/mol. The number of hydrogen-bond donors (Lipinski definition) is 1. The van der Waals surface area contributed by atoms with E-state index in [1.54, 1.807) is 30.7 Å². The molecule has 0 aliphatic heterocycles. The lowest BCUT2D eigenvalue weighted by molar-refractivity contribution is 0.104. The number of ketones is 1. The molecule has 14 heavy (non-hydrogen) atoms. The zero-order valence-electron chi connectivity index (χ0n) is 8.23. The van der Waals surface area contributed by atoms with Crippen LogP contribution in [0.15, 0.2) is 36.8 Å². The van der Waals surface area contributed by atoms with Gasteiger partial charge in [0.25, 0.3) is 0 Å². The number of carbonyl (C=O) groups is 1. The lowest BCUT2D eigenvalue weighted by Crippen LogP contribution is -2.06. The second-order valence-electron chi connectivity index (χ2n) is 2.89. The van der Waals surface area contributed by atoms with Crippen LogP contribution < -0.4 is 5.32 Å². The number of nitrogens with one attached hydrogen (secondary N) is 1. The van der Waals surface area contributed by atoms with Crippen molar-refractivity contribution in [2.75, 3.05) is 6.54 Å². The van der Waals surface area contributed by atoms with Crippen LogP contribution in [0.4, 0.5) is 0 Å². The van der Waals surface area contributed by atoms with E-state index in [2.05, 4.69) is 17.2 Å². The lowest BCUT2D eigenvalue weighted by Gasteiger charge is -1.95. The summed E-state index contributed by atoms with van der Waals surface area (Å²) in [5, 5.41) is 3.01. The van der Waals surface area contributed by atoms with Crippen LogP contribution in [0.25, 0.3) is 0 Å². The van der Waals surface area contributed by atoms with Gasteiger partial charge in [0, 0.05) is 36.8 Å². The maximum Gasteiger partial charge on any atom is 0.188 e. The Morgan fingerprint density at radius 2 is 2.50 bits per heavy atom. The second-order valence-corrected chi connectivity index (χ2v) is 2.89. The Balaban J connectivity index is 2.47. The van der Waals surface area contributed by atoms with Gasteiger partial charge in [0.2, 0.25) is 0 Å². The minimum Gasteiger partial charge on any atom is -0.391 e. The monoisotopic (exact) mass is 190 g/mol. The van der Waals surface area contributed by atoms with Crippen LogP contribution in [0.1, 0.15) is 23.7 Å². The van der Waals surface area contributed by atoms with Gasteiger partial charge in [-0.05, 0) is 18.6 Å². The molecule has 0 fully saturated rings. The highest BCUT2D eigenvalue weighted by atomic mass is 16.1. The van der Waals surface area contributed by atoms with E-state index in [0.717, 1.165) is 13.0 Å². The van der Waals surface area contributed by atoms with Gasteiger partial charge in [-0.1, -0.05) is 6.92 Å². The fraction of sp³-hybridized carbons (Fsp3) is 0.273. The van der Waals surface area contributed by atoms with Crippen LogP contribution in [0, 0.1) is 0 Å². The van der Waals surface area contributed by atoms with Crippen molar-refractivity contribution in [3.8, 4) is 0 Å². The van der Waals surface area contributed by atoms with E-state index in [1.165, 1.54) is 6.08 Å². The molecule has 0 unspecified atom stereocenters. The fourth-order valence-corrected chi connectivity index (χ4v) is 0.967. The largest absolute Gasteiger partial charge is 0.391 e. The van der Waals surface area contributed by atoms with Gasteiger partial charge in [-0.15, -0.1) is 0 Å². The number of allylic oxidation sites excluding steroid dienone is 1. The van der Waals surface area contributed by atoms with E-state index in [1.807, 2.05) is 0 Å². The van der Waals surface area contributed by atoms with Crippen LogP contribution in [-0.4, -0.2) is 17.3 Å². The highest BCUT2D eigenvalue weighted by molar-refractivity contribution is 6.04. The number of rotatable bonds is 5. The molecule has 3 heteroatoms. The van der Waals surface area contributed by atoms with Gasteiger partial charge in [-0.3, -0.25) is 9.78 Å². The molecule has 0 amide bonds. The Labute approximate surface area is 83.9 Å². The molecule has 0 saturated heterocycles. The smallest absolute Gasteiger partial charge is 0.188 e. The summed E-state index contributed by atoms with van der Waals surface area (Å²) in [4.78, 5) is 15.3. The first kappa shape index (κ1) is 10.4. The Morgan fingerprint density at radius 1 is 1.64 bits per heavy atom. The van der Waals surface area contributed by atoms with Crippen molar-refractivity contribution < 1.29 is 4.79 Å². The Bertz CT molecular complexity index is 306. The normalized spacial score (nSPS) is 10.4. The van der Waals surface area contributed by atoms with Gasteiger partial charge in [-0.25, -0.2) is 0 Å². The summed E-state index contributed by atoms with van der Waals surface area (Å²) in [6.07, 6.45) is 7.46. The number of hydrogen-bond acceptors (Lipinski definition) is 3. The molecule has 1 aromatic heterocycles. The van der Waals surface area contributed by atoms with E-state index >= 15 is 0 Å². The molecule has 0 saturated carbocycles. The Hall–Kier alpha value is -1.64. The lowest BCUT2D eigenvalue weighted by atomic mass is 10.2. The Kier molecular flexibility index (Phi) is 4.41. The third kappa shape index (κ3) is 3.39. The SMILES string of the molecule is CCCN/C=C\C(=O)c1cccnc1. The Morgan fingerprint density at radius 3 is 3.14 bits per heavy atom. The minimum atomic E-state index is -0.0262. The number of pyridine rings is 1. The molecule has 74 valence electrons. The topological polar surface area (TPSA) is 42.0 Å². The van der Waals surface area contributed by atoms with E-state index in [4.69, 9.17) is 0 Å². The third-order valence-electron chi connectivity index (χ3n) is 1.69. The molecule has 1 N–H and O–H groups in total. The zero-order valence-corrected chi connectivity index (χ0v) is 8.23. The van der Waals surface area contributed by atoms with Crippen molar-refractivity contribution in [2.45, 2.75) is 13.3 Å². The first-order chi connectivity index (χ1) is 6.84. The summed E-state index contributed by atoms with van der Waals surface area (Å²) in [7, 11) is 0. The molecule has 0 spiro atoms. The van der Waals surface area contributed by atoms with Crippen molar-refractivity contribution in [3.63, 3.8) is 0 Å². The van der Waals surface area contributed by atoms with Gasteiger partial charge in [0.15, 0.2) is 5.78 Å². The van der Waals surface area contributed by atoms with Gasteiger partial charge in [0.1, 0.15) is 0 Å². The molecule has 1 heterocycles. The second kappa shape index (κ2) is 5.91. The first-order valence-corrected chi connectivity index (χ1v) is 4.69. The highest BCUT2D eigenvalue weighted by Crippen LogP contribution is 1.97. The van der Waals surface area contributed by atoms with E-state index in [-0.39, 0.29) is 5.78 Å². The maximum absolute atomic E-state index is 11.4. The molecular formula is C11H14N2O. The van der Waals surface area contributed by atoms with E-state index in [0.29, 0.717) is 5.56 Å².